The van der Waals surface area contributed by atoms with Gasteiger partial charge in [-0.1, -0.05) is 18.7 Å². The molecule has 2 amide bonds. The van der Waals surface area contributed by atoms with Gasteiger partial charge in [0.1, 0.15) is 0 Å². The molecule has 0 aromatic heterocycles. The number of thioether (sulfide) groups is 1. The van der Waals surface area contributed by atoms with Crippen LogP contribution in [0.2, 0.25) is 0 Å². The summed E-state index contributed by atoms with van der Waals surface area (Å²) in [5.74, 6) is -0.440. The van der Waals surface area contributed by atoms with Crippen molar-refractivity contribution in [1.82, 2.24) is 10.6 Å². The summed E-state index contributed by atoms with van der Waals surface area (Å²) in [5, 5.41) is 6.65. The predicted octanol–water partition coefficient (Wildman–Crippen LogP) is 0.988. The summed E-state index contributed by atoms with van der Waals surface area (Å²) >= 11 is 1.55. The van der Waals surface area contributed by atoms with Gasteiger partial charge in [0.05, 0.1) is 72.6 Å². The molecule has 0 saturated heterocycles. The lowest BCUT2D eigenvalue weighted by atomic mass is 10.0. The maximum atomic E-state index is 12.5. The Morgan fingerprint density at radius 2 is 1.49 bits per heavy atom. The van der Waals surface area contributed by atoms with Crippen molar-refractivity contribution in [2.24, 2.45) is 10.7 Å². The van der Waals surface area contributed by atoms with Crippen molar-refractivity contribution in [2.75, 3.05) is 85.7 Å². The Bertz CT molecular complexity index is 856. The number of hydrogen-bond acceptors (Lipinski definition) is 10. The lowest BCUT2D eigenvalue weighted by Crippen LogP contribution is -2.29. The summed E-state index contributed by atoms with van der Waals surface area (Å²) in [5.41, 5.74) is 7.05. The number of amides is 2. The van der Waals surface area contributed by atoms with E-state index in [9.17, 15) is 9.59 Å². The number of benzene rings is 1. The fourth-order valence-electron chi connectivity index (χ4n) is 3.17. The first-order valence-electron chi connectivity index (χ1n) is 12.5. The predicted molar refractivity (Wildman–Crippen MR) is 143 cm³/mol. The van der Waals surface area contributed by atoms with E-state index in [2.05, 4.69) is 22.5 Å². The van der Waals surface area contributed by atoms with E-state index in [4.69, 9.17) is 29.4 Å². The zero-order chi connectivity index (χ0) is 26.7. The third-order valence-corrected chi connectivity index (χ3v) is 6.05. The van der Waals surface area contributed by atoms with Crippen LogP contribution in [0.25, 0.3) is 0 Å². The molecule has 1 aromatic carbocycles. The minimum Gasteiger partial charge on any atom is -0.378 e. The molecule has 1 unspecified atom stereocenters. The minimum absolute atomic E-state index is 0.219. The monoisotopic (exact) mass is 540 g/mol. The maximum Gasteiger partial charge on any atom is 0.257 e. The molecule has 0 fully saturated rings. The smallest absolute Gasteiger partial charge is 0.257 e. The number of amidine groups is 1. The number of ether oxygens (including phenoxy) is 5. The Kier molecular flexibility index (Phi) is 16.1. The van der Waals surface area contributed by atoms with Crippen molar-refractivity contribution >= 4 is 28.7 Å². The normalized spacial score (nSPS) is 15.0. The molecule has 12 heteroatoms. The molecule has 1 aliphatic rings. The van der Waals surface area contributed by atoms with Crippen LogP contribution in [-0.4, -0.2) is 108 Å². The molecule has 0 bridgehead atoms. The third kappa shape index (κ3) is 13.3. The van der Waals surface area contributed by atoms with Gasteiger partial charge in [0.25, 0.3) is 11.8 Å². The lowest BCUT2D eigenvalue weighted by molar-refractivity contribution is -0.0102. The average Bonchev–Trinajstić information content (AvgIpc) is 3.29. The fraction of sp³-hybridized carbons (Fsp3) is 0.640. The molecule has 37 heavy (non-hydrogen) atoms. The first kappa shape index (κ1) is 31.2. The molecule has 1 atom stereocenters. The molecule has 0 saturated carbocycles. The van der Waals surface area contributed by atoms with E-state index in [1.54, 1.807) is 36.9 Å². The number of hydrogen-bond donors (Lipinski definition) is 3. The van der Waals surface area contributed by atoms with Gasteiger partial charge in [-0.05, 0) is 30.7 Å². The SMILES string of the molecule is Cc1cc(C(=O)NCCOCCOCCOCCOCCOCCN)ccc1C(=O)NC1=NCC(C)S1. The molecule has 4 N–H and O–H groups in total. The van der Waals surface area contributed by atoms with E-state index >= 15 is 0 Å². The summed E-state index contributed by atoms with van der Waals surface area (Å²) in [6.07, 6.45) is 0. The van der Waals surface area contributed by atoms with Gasteiger partial charge >= 0.3 is 0 Å². The fourth-order valence-corrected chi connectivity index (χ4v) is 4.00. The molecule has 0 radical (unpaired) electrons. The third-order valence-electron chi connectivity index (χ3n) is 5.04. The number of nitrogens with two attached hydrogens (primary N) is 1. The number of aryl methyl sites for hydroxylation is 1. The number of aliphatic imine (C=N–C) groups is 1. The molecule has 0 spiro atoms. The van der Waals surface area contributed by atoms with Gasteiger partial charge in [0.2, 0.25) is 0 Å². The van der Waals surface area contributed by atoms with Gasteiger partial charge in [-0.2, -0.15) is 0 Å². The number of nitrogens with zero attached hydrogens (tertiary/aromatic N) is 1. The summed E-state index contributed by atoms with van der Waals surface area (Å²) in [6.45, 7) is 10.3. The van der Waals surface area contributed by atoms with Crippen LogP contribution >= 0.6 is 11.8 Å². The Labute approximate surface area is 223 Å². The standard InChI is InChI=1S/C25H40N4O7S/c1-19-17-21(3-4-22(19)24(31)29-25-28-18-20(2)37-25)23(30)27-6-8-33-10-12-35-14-16-36-15-13-34-11-9-32-7-5-26/h3-4,17,20H,5-16,18,26H2,1-2H3,(H,27,30)(H,28,29,31). The maximum absolute atomic E-state index is 12.5. The quantitative estimate of drug-likeness (QED) is 0.219. The van der Waals surface area contributed by atoms with Gasteiger partial charge in [0.15, 0.2) is 5.17 Å². The number of nitrogens with one attached hydrogen (secondary N) is 2. The molecule has 1 aromatic rings. The summed E-state index contributed by atoms with van der Waals surface area (Å²) in [6, 6.07) is 5.01. The van der Waals surface area contributed by atoms with Crippen LogP contribution in [0.1, 0.15) is 33.2 Å². The van der Waals surface area contributed by atoms with Crippen molar-refractivity contribution in [3.05, 3.63) is 34.9 Å². The topological polar surface area (TPSA) is 143 Å². The van der Waals surface area contributed by atoms with Crippen LogP contribution in [0.15, 0.2) is 23.2 Å². The highest BCUT2D eigenvalue weighted by atomic mass is 32.2. The molecule has 1 heterocycles. The van der Waals surface area contributed by atoms with E-state index in [0.29, 0.717) is 107 Å². The van der Waals surface area contributed by atoms with Crippen LogP contribution in [0.4, 0.5) is 0 Å². The Hall–Kier alpha value is -2.06. The van der Waals surface area contributed by atoms with Crippen LogP contribution in [0.5, 0.6) is 0 Å². The second-order valence-electron chi connectivity index (χ2n) is 8.16. The second-order valence-corrected chi connectivity index (χ2v) is 9.59. The minimum atomic E-state index is -0.221. The van der Waals surface area contributed by atoms with E-state index in [1.165, 1.54) is 0 Å². The largest absolute Gasteiger partial charge is 0.378 e. The number of rotatable bonds is 19. The number of carbonyl (C=O) groups excluding carboxylic acids is 2. The molecule has 1 aliphatic heterocycles. The van der Waals surface area contributed by atoms with Crippen LogP contribution < -0.4 is 16.4 Å². The van der Waals surface area contributed by atoms with Gasteiger partial charge < -0.3 is 40.1 Å². The van der Waals surface area contributed by atoms with Gasteiger partial charge in [-0.3, -0.25) is 14.6 Å². The Morgan fingerprint density at radius 1 is 0.919 bits per heavy atom. The highest BCUT2D eigenvalue weighted by Crippen LogP contribution is 2.19. The molecule has 11 nitrogen and oxygen atoms in total. The average molecular weight is 541 g/mol. The van der Waals surface area contributed by atoms with Crippen molar-refractivity contribution < 1.29 is 33.3 Å². The van der Waals surface area contributed by atoms with Crippen LogP contribution in [0.3, 0.4) is 0 Å². The van der Waals surface area contributed by atoms with Gasteiger partial charge in [-0.25, -0.2) is 0 Å². The van der Waals surface area contributed by atoms with Gasteiger partial charge in [0, 0.05) is 29.5 Å². The lowest BCUT2D eigenvalue weighted by Gasteiger charge is -2.10. The van der Waals surface area contributed by atoms with Gasteiger partial charge in [-0.15, -0.1) is 0 Å². The second kappa shape index (κ2) is 19.1. The van der Waals surface area contributed by atoms with Crippen molar-refractivity contribution in [2.45, 2.75) is 19.1 Å². The van der Waals surface area contributed by atoms with Crippen molar-refractivity contribution in [3.63, 3.8) is 0 Å². The molecular weight excluding hydrogens is 500 g/mol. The van der Waals surface area contributed by atoms with E-state index in [1.807, 2.05) is 0 Å². The highest BCUT2D eigenvalue weighted by molar-refractivity contribution is 8.14. The Balaban J connectivity index is 1.46. The van der Waals surface area contributed by atoms with Crippen LogP contribution in [0, 0.1) is 6.92 Å². The zero-order valence-electron chi connectivity index (χ0n) is 21.8. The zero-order valence-corrected chi connectivity index (χ0v) is 22.6. The first-order valence-corrected chi connectivity index (χ1v) is 13.4. The first-order chi connectivity index (χ1) is 18.0. The molecule has 0 aliphatic carbocycles. The van der Waals surface area contributed by atoms with Crippen molar-refractivity contribution in [3.8, 4) is 0 Å². The highest BCUT2D eigenvalue weighted by Gasteiger charge is 2.19. The number of carbonyl (C=O) groups is 2. The summed E-state index contributed by atoms with van der Waals surface area (Å²) in [4.78, 5) is 29.2. The molecule has 208 valence electrons. The van der Waals surface area contributed by atoms with E-state index in [0.717, 1.165) is 5.56 Å². The van der Waals surface area contributed by atoms with Crippen molar-refractivity contribution in [1.29, 1.82) is 0 Å². The van der Waals surface area contributed by atoms with Crippen LogP contribution in [-0.2, 0) is 23.7 Å². The summed E-state index contributed by atoms with van der Waals surface area (Å²) < 4.78 is 26.9. The molecule has 2 rings (SSSR count). The summed E-state index contributed by atoms with van der Waals surface area (Å²) in [7, 11) is 0. The molecular formula is C25H40N4O7S. The van der Waals surface area contributed by atoms with E-state index < -0.39 is 0 Å². The Morgan fingerprint density at radius 3 is 2.00 bits per heavy atom. The van der Waals surface area contributed by atoms with E-state index in [-0.39, 0.29) is 11.8 Å².